The zero-order valence-corrected chi connectivity index (χ0v) is 15.3. The Kier molecular flexibility index (Phi) is 5.27. The van der Waals surface area contributed by atoms with E-state index in [9.17, 15) is 14.4 Å². The molecule has 134 valence electrons. The second kappa shape index (κ2) is 7.61. The molecule has 7 heteroatoms. The summed E-state index contributed by atoms with van der Waals surface area (Å²) >= 11 is 1.34. The summed E-state index contributed by atoms with van der Waals surface area (Å²) in [5.41, 5.74) is 7.92. The van der Waals surface area contributed by atoms with Crippen molar-refractivity contribution in [1.29, 1.82) is 0 Å². The van der Waals surface area contributed by atoms with Crippen LogP contribution in [-0.4, -0.2) is 23.0 Å². The molecule has 26 heavy (non-hydrogen) atoms. The Balaban J connectivity index is 1.56. The Labute approximate surface area is 155 Å². The first kappa shape index (κ1) is 18.0. The molecule has 0 aliphatic carbocycles. The molecule has 1 heterocycles. The highest BCUT2D eigenvalue weighted by Gasteiger charge is 2.28. The van der Waals surface area contributed by atoms with E-state index >= 15 is 0 Å². The number of hydrazine groups is 1. The Morgan fingerprint density at radius 2 is 1.88 bits per heavy atom. The van der Waals surface area contributed by atoms with Crippen molar-refractivity contribution in [2.75, 3.05) is 5.32 Å². The molecule has 1 aliphatic rings. The monoisotopic (exact) mass is 369 g/mol. The molecule has 0 fully saturated rings. The lowest BCUT2D eigenvalue weighted by Gasteiger charge is -2.23. The van der Waals surface area contributed by atoms with Crippen LogP contribution in [0.15, 0.2) is 47.4 Å². The van der Waals surface area contributed by atoms with Gasteiger partial charge in [0.25, 0.3) is 5.91 Å². The van der Waals surface area contributed by atoms with Gasteiger partial charge in [0.1, 0.15) is 0 Å². The second-order valence-electron chi connectivity index (χ2n) is 6.12. The molecule has 2 aromatic carbocycles. The third kappa shape index (κ3) is 4.05. The highest BCUT2D eigenvalue weighted by Crippen LogP contribution is 2.36. The Morgan fingerprint density at radius 1 is 1.12 bits per heavy atom. The fourth-order valence-corrected chi connectivity index (χ4v) is 3.82. The van der Waals surface area contributed by atoms with E-state index in [1.807, 2.05) is 50.2 Å². The Morgan fingerprint density at radius 3 is 2.65 bits per heavy atom. The van der Waals surface area contributed by atoms with Crippen LogP contribution in [0.5, 0.6) is 0 Å². The molecule has 3 amide bonds. The average Bonchev–Trinajstić information content (AvgIpc) is 2.60. The third-order valence-corrected chi connectivity index (χ3v) is 5.29. The molecule has 3 N–H and O–H groups in total. The largest absolute Gasteiger partial charge is 0.324 e. The van der Waals surface area contributed by atoms with Crippen molar-refractivity contribution in [3.05, 3.63) is 59.2 Å². The van der Waals surface area contributed by atoms with Crippen LogP contribution in [0.4, 0.5) is 5.69 Å². The minimum Gasteiger partial charge on any atom is -0.324 e. The van der Waals surface area contributed by atoms with Crippen LogP contribution in [-0.2, 0) is 9.59 Å². The first-order chi connectivity index (χ1) is 12.4. The van der Waals surface area contributed by atoms with Crippen LogP contribution in [0.2, 0.25) is 0 Å². The summed E-state index contributed by atoms with van der Waals surface area (Å²) in [7, 11) is 0. The van der Waals surface area contributed by atoms with Crippen molar-refractivity contribution in [2.24, 2.45) is 0 Å². The number of nitrogens with one attached hydrogen (secondary N) is 3. The van der Waals surface area contributed by atoms with Gasteiger partial charge in [0.15, 0.2) is 0 Å². The average molecular weight is 369 g/mol. The van der Waals surface area contributed by atoms with Gasteiger partial charge in [-0.25, -0.2) is 0 Å². The second-order valence-corrected chi connectivity index (χ2v) is 7.36. The zero-order chi connectivity index (χ0) is 18.7. The molecule has 0 unspecified atom stereocenters. The minimum atomic E-state index is -0.539. The summed E-state index contributed by atoms with van der Waals surface area (Å²) in [4.78, 5) is 37.4. The number of rotatable bonds is 3. The maximum Gasteiger partial charge on any atom is 0.269 e. The van der Waals surface area contributed by atoms with Gasteiger partial charge in [-0.15, -0.1) is 11.8 Å². The number of carbonyl (C=O) groups is 3. The molecule has 0 aromatic heterocycles. The lowest BCUT2D eigenvalue weighted by Crippen LogP contribution is -2.44. The summed E-state index contributed by atoms with van der Waals surface area (Å²) in [5, 5.41) is 2.25. The molecule has 0 saturated carbocycles. The summed E-state index contributed by atoms with van der Waals surface area (Å²) in [6.07, 6.45) is -0.0298. The Hall–Kier alpha value is -2.80. The number of amides is 3. The summed E-state index contributed by atoms with van der Waals surface area (Å²) in [6, 6.07) is 12.9. The lowest BCUT2D eigenvalue weighted by atomic mass is 10.1. The molecule has 3 rings (SSSR count). The van der Waals surface area contributed by atoms with E-state index in [-0.39, 0.29) is 18.2 Å². The van der Waals surface area contributed by atoms with E-state index in [2.05, 4.69) is 16.2 Å². The van der Waals surface area contributed by atoms with E-state index in [1.54, 1.807) is 6.07 Å². The van der Waals surface area contributed by atoms with Crippen LogP contribution in [0.25, 0.3) is 0 Å². The molecule has 0 saturated heterocycles. The molecule has 2 aromatic rings. The normalized spacial score (nSPS) is 15.6. The third-order valence-electron chi connectivity index (χ3n) is 4.02. The number of thioether (sulfide) groups is 1. The van der Waals surface area contributed by atoms with Gasteiger partial charge >= 0.3 is 0 Å². The zero-order valence-electron chi connectivity index (χ0n) is 14.5. The van der Waals surface area contributed by atoms with E-state index in [4.69, 9.17) is 0 Å². The molecule has 1 atom stereocenters. The molecule has 1 aliphatic heterocycles. The standard InChI is InChI=1S/C19H19N3O3S/c1-11-7-8-13(12(2)9-11)18(24)22-21-17(23)10-16-19(25)20-14-5-3-4-6-15(14)26-16/h3-9,16H,10H2,1-2H3,(H,20,25)(H,21,23)(H,22,24)/t16-/m1/s1. The number of hydrogen-bond donors (Lipinski definition) is 3. The van der Waals surface area contributed by atoms with Crippen LogP contribution in [0, 0.1) is 13.8 Å². The molecule has 0 bridgehead atoms. The van der Waals surface area contributed by atoms with Crippen LogP contribution in [0.1, 0.15) is 27.9 Å². The highest BCUT2D eigenvalue weighted by molar-refractivity contribution is 8.01. The fraction of sp³-hybridized carbons (Fsp3) is 0.211. The summed E-state index contributed by atoms with van der Waals surface area (Å²) in [6.45, 7) is 3.78. The maximum absolute atomic E-state index is 12.2. The van der Waals surface area contributed by atoms with Gasteiger partial charge in [-0.1, -0.05) is 29.8 Å². The lowest BCUT2D eigenvalue weighted by molar-refractivity contribution is -0.124. The van der Waals surface area contributed by atoms with Gasteiger partial charge in [-0.05, 0) is 37.6 Å². The predicted molar refractivity (Wildman–Crippen MR) is 101 cm³/mol. The van der Waals surface area contributed by atoms with Gasteiger partial charge in [0.05, 0.1) is 10.9 Å². The van der Waals surface area contributed by atoms with Gasteiger partial charge in [-0.2, -0.15) is 0 Å². The van der Waals surface area contributed by atoms with E-state index in [0.717, 1.165) is 21.7 Å². The molecule has 6 nitrogen and oxygen atoms in total. The van der Waals surface area contributed by atoms with E-state index in [1.165, 1.54) is 11.8 Å². The van der Waals surface area contributed by atoms with Gasteiger partial charge in [0, 0.05) is 16.9 Å². The Bertz CT molecular complexity index is 882. The van der Waals surface area contributed by atoms with Crippen molar-refractivity contribution in [2.45, 2.75) is 30.4 Å². The van der Waals surface area contributed by atoms with Crippen LogP contribution < -0.4 is 16.2 Å². The summed E-state index contributed by atoms with van der Waals surface area (Å²) in [5.74, 6) is -1.03. The molecule has 0 spiro atoms. The fourth-order valence-electron chi connectivity index (χ4n) is 2.71. The minimum absolute atomic E-state index is 0.0298. The van der Waals surface area contributed by atoms with E-state index < -0.39 is 11.2 Å². The first-order valence-electron chi connectivity index (χ1n) is 8.17. The van der Waals surface area contributed by atoms with Crippen molar-refractivity contribution >= 4 is 35.2 Å². The number of fused-ring (bicyclic) bond motifs is 1. The molecular weight excluding hydrogens is 350 g/mol. The quantitative estimate of drug-likeness (QED) is 0.726. The van der Waals surface area contributed by atoms with Crippen LogP contribution in [0.3, 0.4) is 0 Å². The van der Waals surface area contributed by atoms with Crippen molar-refractivity contribution in [3.8, 4) is 0 Å². The van der Waals surface area contributed by atoms with Gasteiger partial charge < -0.3 is 5.32 Å². The number of anilines is 1. The SMILES string of the molecule is Cc1ccc(C(=O)NNC(=O)C[C@H]2Sc3ccccc3NC2=O)c(C)c1. The smallest absolute Gasteiger partial charge is 0.269 e. The number of benzene rings is 2. The van der Waals surface area contributed by atoms with Crippen molar-refractivity contribution in [3.63, 3.8) is 0 Å². The highest BCUT2D eigenvalue weighted by atomic mass is 32.2. The molecule has 0 radical (unpaired) electrons. The topological polar surface area (TPSA) is 87.3 Å². The predicted octanol–water partition coefficient (Wildman–Crippen LogP) is 2.57. The van der Waals surface area contributed by atoms with Crippen molar-refractivity contribution < 1.29 is 14.4 Å². The van der Waals surface area contributed by atoms with E-state index in [0.29, 0.717) is 5.56 Å². The maximum atomic E-state index is 12.2. The molecular formula is C19H19N3O3S. The summed E-state index contributed by atoms with van der Waals surface area (Å²) < 4.78 is 0. The van der Waals surface area contributed by atoms with Crippen molar-refractivity contribution in [1.82, 2.24) is 10.9 Å². The number of para-hydroxylation sites is 1. The first-order valence-corrected chi connectivity index (χ1v) is 9.05. The van der Waals surface area contributed by atoms with Gasteiger partial charge in [0.2, 0.25) is 11.8 Å². The van der Waals surface area contributed by atoms with Gasteiger partial charge in [-0.3, -0.25) is 25.2 Å². The number of carbonyl (C=O) groups excluding carboxylic acids is 3. The van der Waals surface area contributed by atoms with Crippen LogP contribution >= 0.6 is 11.8 Å². The number of aryl methyl sites for hydroxylation is 2. The number of hydrogen-bond acceptors (Lipinski definition) is 4.